The Bertz CT molecular complexity index is 514. The maximum absolute atomic E-state index is 11.2. The van der Waals surface area contributed by atoms with E-state index in [1.807, 2.05) is 6.92 Å². The summed E-state index contributed by atoms with van der Waals surface area (Å²) < 4.78 is 6.32. The lowest BCUT2D eigenvalue weighted by Gasteiger charge is -2.02. The number of nitrogens with zero attached hydrogens (tertiary/aromatic N) is 2. The van der Waals surface area contributed by atoms with Crippen LogP contribution in [0.5, 0.6) is 0 Å². The molecule has 1 aromatic heterocycles. The number of esters is 1. The predicted molar refractivity (Wildman–Crippen MR) is 63.8 cm³/mol. The van der Waals surface area contributed by atoms with Gasteiger partial charge in [0.1, 0.15) is 0 Å². The van der Waals surface area contributed by atoms with E-state index in [1.54, 1.807) is 16.9 Å². The molecule has 0 aliphatic rings. The smallest absolute Gasteiger partial charge is 0.358 e. The summed E-state index contributed by atoms with van der Waals surface area (Å²) >= 11 is 0. The number of hydrogen-bond acceptors (Lipinski definition) is 3. The minimum Gasteiger partial charge on any atom is -0.464 e. The fourth-order valence-electron chi connectivity index (χ4n) is 1.54. The molecule has 1 heterocycles. The molecule has 17 heavy (non-hydrogen) atoms. The summed E-state index contributed by atoms with van der Waals surface area (Å²) in [7, 11) is 1.35. The monoisotopic (exact) mass is 230 g/mol. The minimum absolute atomic E-state index is 0.333. The van der Waals surface area contributed by atoms with Crippen LogP contribution in [0.25, 0.3) is 0 Å². The number of carbonyl (C=O) groups is 1. The van der Waals surface area contributed by atoms with Crippen LogP contribution in [0.4, 0.5) is 0 Å². The molecule has 0 N–H and O–H groups in total. The first-order chi connectivity index (χ1) is 8.19. The Labute approximate surface area is 99.8 Å². The number of aromatic nitrogens is 2. The molecule has 0 atom stereocenters. The molecule has 0 aliphatic carbocycles. The zero-order valence-corrected chi connectivity index (χ0v) is 9.88. The van der Waals surface area contributed by atoms with E-state index in [0.29, 0.717) is 12.2 Å². The van der Waals surface area contributed by atoms with E-state index in [-0.39, 0.29) is 0 Å². The largest absolute Gasteiger partial charge is 0.464 e. The minimum atomic E-state index is -0.410. The van der Waals surface area contributed by atoms with E-state index in [4.69, 9.17) is 0 Å². The SMILES string of the molecule is COC(=O)c1ccn(Cc2ccc(C)cc2)n1. The molecule has 0 bridgehead atoms. The van der Waals surface area contributed by atoms with Gasteiger partial charge in [0, 0.05) is 6.20 Å². The van der Waals surface area contributed by atoms with Gasteiger partial charge in [0.05, 0.1) is 13.7 Å². The van der Waals surface area contributed by atoms with Crippen LogP contribution in [0.2, 0.25) is 0 Å². The molecule has 0 aliphatic heterocycles. The van der Waals surface area contributed by atoms with Gasteiger partial charge in [-0.25, -0.2) is 4.79 Å². The number of carbonyl (C=O) groups excluding carboxylic acids is 1. The van der Waals surface area contributed by atoms with E-state index in [0.717, 1.165) is 5.56 Å². The van der Waals surface area contributed by atoms with Crippen molar-refractivity contribution in [2.24, 2.45) is 0 Å². The molecule has 2 rings (SSSR count). The van der Waals surface area contributed by atoms with E-state index >= 15 is 0 Å². The van der Waals surface area contributed by atoms with Crippen LogP contribution in [-0.4, -0.2) is 22.9 Å². The van der Waals surface area contributed by atoms with Crippen molar-refractivity contribution in [2.45, 2.75) is 13.5 Å². The Kier molecular flexibility index (Phi) is 3.23. The lowest BCUT2D eigenvalue weighted by atomic mass is 10.1. The van der Waals surface area contributed by atoms with Gasteiger partial charge in [0.25, 0.3) is 0 Å². The number of aryl methyl sites for hydroxylation is 1. The Hall–Kier alpha value is -2.10. The number of rotatable bonds is 3. The number of benzene rings is 1. The van der Waals surface area contributed by atoms with Crippen molar-refractivity contribution in [3.05, 3.63) is 53.3 Å². The van der Waals surface area contributed by atoms with Gasteiger partial charge in [0.15, 0.2) is 5.69 Å². The fraction of sp³-hybridized carbons (Fsp3) is 0.231. The van der Waals surface area contributed by atoms with E-state index in [9.17, 15) is 4.79 Å². The highest BCUT2D eigenvalue weighted by Gasteiger charge is 2.08. The summed E-state index contributed by atoms with van der Waals surface area (Å²) in [6, 6.07) is 9.86. The van der Waals surface area contributed by atoms with E-state index in [1.165, 1.54) is 12.7 Å². The molecule has 2 aromatic rings. The summed E-state index contributed by atoms with van der Waals surface area (Å²) in [4.78, 5) is 11.2. The first-order valence-corrected chi connectivity index (χ1v) is 5.36. The third-order valence-electron chi connectivity index (χ3n) is 2.50. The van der Waals surface area contributed by atoms with Crippen molar-refractivity contribution in [3.8, 4) is 0 Å². The maximum Gasteiger partial charge on any atom is 0.358 e. The molecular weight excluding hydrogens is 216 g/mol. The second-order valence-corrected chi connectivity index (χ2v) is 3.88. The van der Waals surface area contributed by atoms with E-state index in [2.05, 4.69) is 34.1 Å². The summed E-state index contributed by atoms with van der Waals surface area (Å²) in [5.74, 6) is -0.410. The van der Waals surface area contributed by atoms with Crippen LogP contribution in [0, 0.1) is 6.92 Å². The summed E-state index contributed by atoms with van der Waals surface area (Å²) in [6.45, 7) is 2.70. The molecule has 4 heteroatoms. The average molecular weight is 230 g/mol. The first kappa shape index (κ1) is 11.4. The van der Waals surface area contributed by atoms with Crippen molar-refractivity contribution >= 4 is 5.97 Å². The van der Waals surface area contributed by atoms with Crippen molar-refractivity contribution in [1.82, 2.24) is 9.78 Å². The van der Waals surface area contributed by atoms with Crippen LogP contribution >= 0.6 is 0 Å². The normalized spacial score (nSPS) is 10.2. The Balaban J connectivity index is 2.11. The second-order valence-electron chi connectivity index (χ2n) is 3.88. The third kappa shape index (κ3) is 2.72. The van der Waals surface area contributed by atoms with Crippen LogP contribution in [0.3, 0.4) is 0 Å². The number of ether oxygens (including phenoxy) is 1. The molecule has 0 saturated carbocycles. The highest BCUT2D eigenvalue weighted by molar-refractivity contribution is 5.86. The quantitative estimate of drug-likeness (QED) is 0.758. The number of hydrogen-bond donors (Lipinski definition) is 0. The zero-order chi connectivity index (χ0) is 12.3. The van der Waals surface area contributed by atoms with Crippen LogP contribution in [-0.2, 0) is 11.3 Å². The summed E-state index contributed by atoms with van der Waals surface area (Å²) in [5, 5.41) is 4.14. The lowest BCUT2D eigenvalue weighted by molar-refractivity contribution is 0.0593. The average Bonchev–Trinajstić information content (AvgIpc) is 2.80. The molecule has 0 radical (unpaired) electrons. The Morgan fingerprint density at radius 2 is 2.00 bits per heavy atom. The molecule has 4 nitrogen and oxygen atoms in total. The lowest BCUT2D eigenvalue weighted by Crippen LogP contribution is -2.05. The molecule has 1 aromatic carbocycles. The third-order valence-corrected chi connectivity index (χ3v) is 2.50. The molecule has 88 valence electrons. The van der Waals surface area contributed by atoms with Gasteiger partial charge in [-0.3, -0.25) is 4.68 Å². The Morgan fingerprint density at radius 1 is 1.29 bits per heavy atom. The zero-order valence-electron chi connectivity index (χ0n) is 9.88. The van der Waals surface area contributed by atoms with Crippen molar-refractivity contribution < 1.29 is 9.53 Å². The topological polar surface area (TPSA) is 44.1 Å². The van der Waals surface area contributed by atoms with Gasteiger partial charge in [-0.15, -0.1) is 0 Å². The van der Waals surface area contributed by atoms with Crippen molar-refractivity contribution in [1.29, 1.82) is 0 Å². The standard InChI is InChI=1S/C13H14N2O2/c1-10-3-5-11(6-4-10)9-15-8-7-12(14-15)13(16)17-2/h3-8H,9H2,1-2H3. The van der Waals surface area contributed by atoms with Crippen molar-refractivity contribution in [2.75, 3.05) is 7.11 Å². The maximum atomic E-state index is 11.2. The second kappa shape index (κ2) is 4.82. The molecule has 0 spiro atoms. The van der Waals surface area contributed by atoms with Gasteiger partial charge >= 0.3 is 5.97 Å². The van der Waals surface area contributed by atoms with Crippen LogP contribution in [0.1, 0.15) is 21.6 Å². The molecule has 0 saturated heterocycles. The molecular formula is C13H14N2O2. The fourth-order valence-corrected chi connectivity index (χ4v) is 1.54. The van der Waals surface area contributed by atoms with Gasteiger partial charge in [-0.1, -0.05) is 29.8 Å². The summed E-state index contributed by atoms with van der Waals surface area (Å²) in [5.41, 5.74) is 2.71. The number of methoxy groups -OCH3 is 1. The molecule has 0 amide bonds. The van der Waals surface area contributed by atoms with Crippen LogP contribution in [0.15, 0.2) is 36.5 Å². The van der Waals surface area contributed by atoms with Crippen LogP contribution < -0.4 is 0 Å². The van der Waals surface area contributed by atoms with Gasteiger partial charge in [0.2, 0.25) is 0 Å². The highest BCUT2D eigenvalue weighted by Crippen LogP contribution is 2.06. The van der Waals surface area contributed by atoms with Gasteiger partial charge in [-0.05, 0) is 18.6 Å². The molecule has 0 unspecified atom stereocenters. The predicted octanol–water partition coefficient (Wildman–Crippen LogP) is 2.03. The van der Waals surface area contributed by atoms with Gasteiger partial charge in [-0.2, -0.15) is 5.10 Å². The summed E-state index contributed by atoms with van der Waals surface area (Å²) in [6.07, 6.45) is 1.77. The first-order valence-electron chi connectivity index (χ1n) is 5.36. The molecule has 0 fully saturated rings. The van der Waals surface area contributed by atoms with Gasteiger partial charge < -0.3 is 4.74 Å². The van der Waals surface area contributed by atoms with E-state index < -0.39 is 5.97 Å². The highest BCUT2D eigenvalue weighted by atomic mass is 16.5. The Morgan fingerprint density at radius 3 is 2.65 bits per heavy atom. The van der Waals surface area contributed by atoms with Crippen molar-refractivity contribution in [3.63, 3.8) is 0 Å².